The summed E-state index contributed by atoms with van der Waals surface area (Å²) in [6, 6.07) is 1.91. The molecule has 5 heteroatoms. The lowest BCUT2D eigenvalue weighted by molar-refractivity contribution is 0.0697. The number of hydrogen-bond acceptors (Lipinski definition) is 4. The largest absolute Gasteiger partial charge is 0.478 e. The van der Waals surface area contributed by atoms with Crippen molar-refractivity contribution in [3.63, 3.8) is 0 Å². The zero-order valence-corrected chi connectivity index (χ0v) is 10.5. The van der Waals surface area contributed by atoms with Crippen LogP contribution in [0.3, 0.4) is 0 Å². The molecule has 0 spiro atoms. The minimum atomic E-state index is -0.958. The van der Waals surface area contributed by atoms with E-state index in [-0.39, 0.29) is 11.6 Å². The standard InChI is InChI=1S/C12H19N3O2/c1-9(5-7-15(2)3)14-11-4-6-13-8-10(11)12(16)17/h4,6,8-9H,5,7H2,1-3H3,(H,13,14)(H,16,17). The van der Waals surface area contributed by atoms with Gasteiger partial charge < -0.3 is 15.3 Å². The smallest absolute Gasteiger partial charge is 0.339 e. The summed E-state index contributed by atoms with van der Waals surface area (Å²) in [6.45, 7) is 3.00. The van der Waals surface area contributed by atoms with Crippen LogP contribution in [0.4, 0.5) is 5.69 Å². The minimum Gasteiger partial charge on any atom is -0.478 e. The van der Waals surface area contributed by atoms with Crippen LogP contribution in [-0.2, 0) is 0 Å². The molecule has 0 saturated heterocycles. The van der Waals surface area contributed by atoms with E-state index in [0.717, 1.165) is 13.0 Å². The molecule has 2 N–H and O–H groups in total. The van der Waals surface area contributed by atoms with Crippen LogP contribution in [0.25, 0.3) is 0 Å². The molecule has 1 heterocycles. The van der Waals surface area contributed by atoms with Crippen LogP contribution in [0.15, 0.2) is 18.5 Å². The van der Waals surface area contributed by atoms with E-state index in [1.807, 2.05) is 21.0 Å². The summed E-state index contributed by atoms with van der Waals surface area (Å²) in [7, 11) is 4.03. The van der Waals surface area contributed by atoms with Crippen molar-refractivity contribution in [1.82, 2.24) is 9.88 Å². The highest BCUT2D eigenvalue weighted by atomic mass is 16.4. The van der Waals surface area contributed by atoms with Gasteiger partial charge in [-0.15, -0.1) is 0 Å². The molecule has 5 nitrogen and oxygen atoms in total. The number of pyridine rings is 1. The van der Waals surface area contributed by atoms with Crippen molar-refractivity contribution in [3.8, 4) is 0 Å². The van der Waals surface area contributed by atoms with E-state index in [1.165, 1.54) is 6.20 Å². The van der Waals surface area contributed by atoms with Crippen molar-refractivity contribution in [1.29, 1.82) is 0 Å². The average Bonchev–Trinajstić information content (AvgIpc) is 2.27. The van der Waals surface area contributed by atoms with E-state index in [0.29, 0.717) is 5.69 Å². The van der Waals surface area contributed by atoms with Crippen LogP contribution in [-0.4, -0.2) is 47.6 Å². The molecule has 0 aliphatic heterocycles. The van der Waals surface area contributed by atoms with Gasteiger partial charge in [0.1, 0.15) is 5.56 Å². The van der Waals surface area contributed by atoms with E-state index in [2.05, 4.69) is 15.2 Å². The minimum absolute atomic E-state index is 0.212. The maximum Gasteiger partial charge on any atom is 0.339 e. The molecule has 0 aromatic carbocycles. The molecule has 17 heavy (non-hydrogen) atoms. The second-order valence-corrected chi connectivity index (χ2v) is 4.36. The summed E-state index contributed by atoms with van der Waals surface area (Å²) in [5, 5.41) is 12.2. The molecule has 0 aliphatic carbocycles. The summed E-state index contributed by atoms with van der Waals surface area (Å²) in [5.41, 5.74) is 0.836. The fourth-order valence-corrected chi connectivity index (χ4v) is 1.48. The molecule has 0 amide bonds. The quantitative estimate of drug-likeness (QED) is 0.785. The van der Waals surface area contributed by atoms with Crippen molar-refractivity contribution in [2.24, 2.45) is 0 Å². The van der Waals surface area contributed by atoms with E-state index < -0.39 is 5.97 Å². The van der Waals surface area contributed by atoms with Gasteiger partial charge in [-0.25, -0.2) is 4.79 Å². The highest BCUT2D eigenvalue weighted by molar-refractivity contribution is 5.93. The molecule has 1 aromatic heterocycles. The number of aromatic carboxylic acids is 1. The fraction of sp³-hybridized carbons (Fsp3) is 0.500. The number of nitrogens with zero attached hydrogens (tertiary/aromatic N) is 2. The van der Waals surface area contributed by atoms with Crippen LogP contribution < -0.4 is 5.32 Å². The SMILES string of the molecule is CC(CCN(C)C)Nc1ccncc1C(=O)O. The summed E-state index contributed by atoms with van der Waals surface area (Å²) >= 11 is 0. The van der Waals surface area contributed by atoms with Gasteiger partial charge in [0, 0.05) is 18.4 Å². The van der Waals surface area contributed by atoms with E-state index in [4.69, 9.17) is 5.11 Å². The van der Waals surface area contributed by atoms with Gasteiger partial charge >= 0.3 is 5.97 Å². The highest BCUT2D eigenvalue weighted by Crippen LogP contribution is 2.15. The number of nitrogens with one attached hydrogen (secondary N) is 1. The lowest BCUT2D eigenvalue weighted by Gasteiger charge is -2.18. The van der Waals surface area contributed by atoms with Crippen molar-refractivity contribution >= 4 is 11.7 Å². The number of hydrogen-bond donors (Lipinski definition) is 2. The highest BCUT2D eigenvalue weighted by Gasteiger charge is 2.11. The van der Waals surface area contributed by atoms with Gasteiger partial charge in [0.05, 0.1) is 5.69 Å². The van der Waals surface area contributed by atoms with Crippen molar-refractivity contribution in [2.75, 3.05) is 26.0 Å². The molecule has 1 unspecified atom stereocenters. The summed E-state index contributed by atoms with van der Waals surface area (Å²) < 4.78 is 0. The number of rotatable bonds is 6. The monoisotopic (exact) mass is 237 g/mol. The first-order chi connectivity index (χ1) is 8.00. The molecular weight excluding hydrogens is 218 g/mol. The van der Waals surface area contributed by atoms with Crippen molar-refractivity contribution in [2.45, 2.75) is 19.4 Å². The third-order valence-electron chi connectivity index (χ3n) is 2.46. The zero-order chi connectivity index (χ0) is 12.8. The Morgan fingerprint density at radius 3 is 2.88 bits per heavy atom. The van der Waals surface area contributed by atoms with Gasteiger partial charge in [0.15, 0.2) is 0 Å². The molecule has 0 fully saturated rings. The average molecular weight is 237 g/mol. The molecule has 1 atom stereocenters. The van der Waals surface area contributed by atoms with Crippen LogP contribution in [0.5, 0.6) is 0 Å². The molecule has 94 valence electrons. The first kappa shape index (κ1) is 13.4. The summed E-state index contributed by atoms with van der Waals surface area (Å²) in [4.78, 5) is 16.9. The van der Waals surface area contributed by atoms with Gasteiger partial charge in [-0.3, -0.25) is 4.98 Å². The number of carboxylic acid groups (broad SMARTS) is 1. The molecule has 1 aromatic rings. The first-order valence-corrected chi connectivity index (χ1v) is 5.59. The number of aromatic nitrogens is 1. The van der Waals surface area contributed by atoms with E-state index in [1.54, 1.807) is 12.3 Å². The molecule has 0 aliphatic rings. The van der Waals surface area contributed by atoms with Crippen LogP contribution in [0.2, 0.25) is 0 Å². The van der Waals surface area contributed by atoms with Gasteiger partial charge in [0.25, 0.3) is 0 Å². The Kier molecular flexibility index (Phi) is 4.90. The number of anilines is 1. The number of carboxylic acids is 1. The number of carbonyl (C=O) groups is 1. The lowest BCUT2D eigenvalue weighted by atomic mass is 10.2. The van der Waals surface area contributed by atoms with Gasteiger partial charge in [-0.05, 0) is 40.1 Å². The van der Waals surface area contributed by atoms with Crippen LogP contribution >= 0.6 is 0 Å². The Hall–Kier alpha value is -1.62. The Bertz CT molecular complexity index is 380. The van der Waals surface area contributed by atoms with Gasteiger partial charge in [-0.2, -0.15) is 0 Å². The predicted octanol–water partition coefficient (Wildman–Crippen LogP) is 1.53. The van der Waals surface area contributed by atoms with Crippen LogP contribution in [0, 0.1) is 0 Å². The summed E-state index contributed by atoms with van der Waals surface area (Å²) in [6.07, 6.45) is 3.91. The topological polar surface area (TPSA) is 65.5 Å². The molecular formula is C12H19N3O2. The maximum atomic E-state index is 11.0. The van der Waals surface area contributed by atoms with Gasteiger partial charge in [0.2, 0.25) is 0 Å². The van der Waals surface area contributed by atoms with E-state index >= 15 is 0 Å². The molecule has 0 bridgehead atoms. The van der Waals surface area contributed by atoms with Crippen molar-refractivity contribution in [3.05, 3.63) is 24.0 Å². The lowest BCUT2D eigenvalue weighted by Crippen LogP contribution is -2.23. The second-order valence-electron chi connectivity index (χ2n) is 4.36. The predicted molar refractivity (Wildman–Crippen MR) is 67.5 cm³/mol. The molecule has 0 radical (unpaired) electrons. The van der Waals surface area contributed by atoms with E-state index in [9.17, 15) is 4.79 Å². The zero-order valence-electron chi connectivity index (χ0n) is 10.5. The normalized spacial score (nSPS) is 12.5. The first-order valence-electron chi connectivity index (χ1n) is 5.59. The van der Waals surface area contributed by atoms with Crippen molar-refractivity contribution < 1.29 is 9.90 Å². The second kappa shape index (κ2) is 6.20. The Morgan fingerprint density at radius 1 is 1.59 bits per heavy atom. The van der Waals surface area contributed by atoms with Gasteiger partial charge in [-0.1, -0.05) is 0 Å². The fourth-order valence-electron chi connectivity index (χ4n) is 1.48. The molecule has 1 rings (SSSR count). The Balaban J connectivity index is 2.64. The third kappa shape index (κ3) is 4.40. The summed E-state index contributed by atoms with van der Waals surface area (Å²) in [5.74, 6) is -0.958. The van der Waals surface area contributed by atoms with Crippen LogP contribution in [0.1, 0.15) is 23.7 Å². The maximum absolute atomic E-state index is 11.0. The Labute approximate surface area is 101 Å². The third-order valence-corrected chi connectivity index (χ3v) is 2.46. The Morgan fingerprint density at radius 2 is 2.29 bits per heavy atom. The molecule has 0 saturated carbocycles.